The molecule has 0 saturated carbocycles. The Balaban J connectivity index is 2.09. The molecular formula is C29H33ClN4O6S. The highest BCUT2D eigenvalue weighted by Gasteiger charge is 2.34. The third kappa shape index (κ3) is 9.29. The van der Waals surface area contributed by atoms with Gasteiger partial charge in [-0.15, -0.1) is 0 Å². The summed E-state index contributed by atoms with van der Waals surface area (Å²) in [6.45, 7) is 4.77. The maximum Gasteiger partial charge on any atom is 0.271 e. The van der Waals surface area contributed by atoms with Crippen molar-refractivity contribution < 1.29 is 22.9 Å². The van der Waals surface area contributed by atoms with Gasteiger partial charge in [0.1, 0.15) is 12.6 Å². The fourth-order valence-electron chi connectivity index (χ4n) is 4.17. The van der Waals surface area contributed by atoms with Crippen molar-refractivity contribution in [2.24, 2.45) is 0 Å². The summed E-state index contributed by atoms with van der Waals surface area (Å²) in [5.74, 6) is -1.08. The van der Waals surface area contributed by atoms with Gasteiger partial charge in [0.25, 0.3) is 5.69 Å². The molecule has 0 radical (unpaired) electrons. The summed E-state index contributed by atoms with van der Waals surface area (Å²) < 4.78 is 26.5. The number of nitro groups is 1. The number of hydrogen-bond acceptors (Lipinski definition) is 6. The number of anilines is 1. The van der Waals surface area contributed by atoms with Gasteiger partial charge in [0.15, 0.2) is 0 Å². The maximum atomic E-state index is 14.0. The monoisotopic (exact) mass is 600 g/mol. The molecule has 41 heavy (non-hydrogen) atoms. The van der Waals surface area contributed by atoms with Crippen LogP contribution in [-0.4, -0.2) is 54.4 Å². The molecule has 218 valence electrons. The number of benzene rings is 3. The van der Waals surface area contributed by atoms with Gasteiger partial charge in [-0.1, -0.05) is 60.1 Å². The second kappa shape index (κ2) is 13.1. The van der Waals surface area contributed by atoms with Gasteiger partial charge in [0.2, 0.25) is 21.8 Å². The van der Waals surface area contributed by atoms with Crippen molar-refractivity contribution in [2.45, 2.75) is 45.3 Å². The molecule has 0 aliphatic carbocycles. The quantitative estimate of drug-likeness (QED) is 0.253. The van der Waals surface area contributed by atoms with E-state index in [-0.39, 0.29) is 24.3 Å². The lowest BCUT2D eigenvalue weighted by molar-refractivity contribution is -0.384. The molecule has 0 fully saturated rings. The Labute approximate surface area is 245 Å². The average molecular weight is 601 g/mol. The second-order valence-electron chi connectivity index (χ2n) is 10.6. The van der Waals surface area contributed by atoms with Crippen LogP contribution in [0.15, 0.2) is 78.9 Å². The summed E-state index contributed by atoms with van der Waals surface area (Å²) >= 11 is 6.06. The first kappa shape index (κ1) is 31.6. The fraction of sp³-hybridized carbons (Fsp3) is 0.310. The van der Waals surface area contributed by atoms with Gasteiger partial charge in [-0.25, -0.2) is 8.42 Å². The summed E-state index contributed by atoms with van der Waals surface area (Å²) in [7, 11) is -4.06. The number of halogens is 1. The average Bonchev–Trinajstić information content (AvgIpc) is 2.89. The van der Waals surface area contributed by atoms with Crippen molar-refractivity contribution in [3.63, 3.8) is 0 Å². The molecule has 0 heterocycles. The first-order chi connectivity index (χ1) is 19.1. The SMILES string of the molecule is CC(C)(C)NC(=O)[C@H](Cc1ccccc1)N(Cc1ccc(Cl)cc1)C(=O)CN(c1cccc([N+](=O)[O-])c1)S(C)(=O)=O. The molecule has 3 aromatic carbocycles. The van der Waals surface area contributed by atoms with Gasteiger partial charge >= 0.3 is 0 Å². The molecule has 0 spiro atoms. The van der Waals surface area contributed by atoms with Gasteiger partial charge in [0.05, 0.1) is 16.9 Å². The summed E-state index contributed by atoms with van der Waals surface area (Å²) in [6, 6.07) is 20.0. The largest absolute Gasteiger partial charge is 0.350 e. The number of sulfonamides is 1. The van der Waals surface area contributed by atoms with Crippen molar-refractivity contribution in [3.05, 3.63) is 105 Å². The van der Waals surface area contributed by atoms with Crippen molar-refractivity contribution in [1.29, 1.82) is 0 Å². The molecule has 1 N–H and O–H groups in total. The molecule has 0 aromatic heterocycles. The Morgan fingerprint density at radius 2 is 1.61 bits per heavy atom. The van der Waals surface area contributed by atoms with Crippen LogP contribution in [0.4, 0.5) is 11.4 Å². The van der Waals surface area contributed by atoms with Crippen LogP contribution in [-0.2, 0) is 32.6 Å². The predicted molar refractivity (Wildman–Crippen MR) is 159 cm³/mol. The summed E-state index contributed by atoms with van der Waals surface area (Å²) in [4.78, 5) is 39.8. The Kier molecular flexibility index (Phi) is 10.1. The van der Waals surface area contributed by atoms with Crippen LogP contribution < -0.4 is 9.62 Å². The highest BCUT2D eigenvalue weighted by molar-refractivity contribution is 7.92. The van der Waals surface area contributed by atoms with Crippen LogP contribution in [0.3, 0.4) is 0 Å². The standard InChI is InChI=1S/C29H33ClN4O6S/c1-29(2,3)31-28(36)26(17-21-9-6-5-7-10-21)32(19-22-13-15-23(30)16-14-22)27(35)20-33(41(4,39)40)24-11-8-12-25(18-24)34(37)38/h5-16,18,26H,17,19-20H2,1-4H3,(H,31,36)/t26-/m0/s1. The smallest absolute Gasteiger partial charge is 0.271 e. The molecule has 12 heteroatoms. The minimum Gasteiger partial charge on any atom is -0.350 e. The third-order valence-corrected chi connectivity index (χ3v) is 7.44. The second-order valence-corrected chi connectivity index (χ2v) is 13.0. The fourth-order valence-corrected chi connectivity index (χ4v) is 5.14. The van der Waals surface area contributed by atoms with E-state index in [4.69, 9.17) is 11.6 Å². The highest BCUT2D eigenvalue weighted by Crippen LogP contribution is 2.24. The van der Waals surface area contributed by atoms with Gasteiger partial charge in [0, 0.05) is 35.7 Å². The Bertz CT molecular complexity index is 1490. The number of non-ortho nitro benzene ring substituents is 1. The summed E-state index contributed by atoms with van der Waals surface area (Å²) in [5.41, 5.74) is 0.496. The molecule has 2 amide bonds. The van der Waals surface area contributed by atoms with E-state index < -0.39 is 44.9 Å². The Morgan fingerprint density at radius 3 is 2.17 bits per heavy atom. The summed E-state index contributed by atoms with van der Waals surface area (Å²) in [6.07, 6.45) is 1.08. The topological polar surface area (TPSA) is 130 Å². The van der Waals surface area contributed by atoms with Crippen LogP contribution in [0.5, 0.6) is 0 Å². The van der Waals surface area contributed by atoms with Crippen molar-refractivity contribution in [2.75, 3.05) is 17.1 Å². The van der Waals surface area contributed by atoms with E-state index in [9.17, 15) is 28.1 Å². The van der Waals surface area contributed by atoms with Crippen LogP contribution in [0.2, 0.25) is 5.02 Å². The van der Waals surface area contributed by atoms with Gasteiger partial charge in [-0.3, -0.25) is 24.0 Å². The van der Waals surface area contributed by atoms with E-state index in [0.29, 0.717) is 10.6 Å². The normalized spacial score (nSPS) is 12.3. The number of nitrogens with one attached hydrogen (secondary N) is 1. The predicted octanol–water partition coefficient (Wildman–Crippen LogP) is 4.57. The molecule has 0 bridgehead atoms. The van der Waals surface area contributed by atoms with Crippen LogP contribution >= 0.6 is 11.6 Å². The highest BCUT2D eigenvalue weighted by atomic mass is 35.5. The molecule has 0 unspecified atom stereocenters. The number of carbonyl (C=O) groups excluding carboxylic acids is 2. The molecular weight excluding hydrogens is 568 g/mol. The molecule has 0 aliphatic heterocycles. The zero-order valence-electron chi connectivity index (χ0n) is 23.3. The van der Waals surface area contributed by atoms with E-state index >= 15 is 0 Å². The molecule has 10 nitrogen and oxygen atoms in total. The van der Waals surface area contributed by atoms with Crippen molar-refractivity contribution >= 4 is 44.8 Å². The molecule has 3 aromatic rings. The van der Waals surface area contributed by atoms with Crippen LogP contribution in [0, 0.1) is 10.1 Å². The van der Waals surface area contributed by atoms with E-state index in [1.807, 2.05) is 51.1 Å². The lowest BCUT2D eigenvalue weighted by Gasteiger charge is -2.35. The van der Waals surface area contributed by atoms with E-state index in [2.05, 4.69) is 5.32 Å². The lowest BCUT2D eigenvalue weighted by Crippen LogP contribution is -2.56. The first-order valence-electron chi connectivity index (χ1n) is 12.8. The van der Waals surface area contributed by atoms with E-state index in [1.165, 1.54) is 23.1 Å². The van der Waals surface area contributed by atoms with Crippen LogP contribution in [0.25, 0.3) is 0 Å². The van der Waals surface area contributed by atoms with Crippen LogP contribution in [0.1, 0.15) is 31.9 Å². The number of rotatable bonds is 11. The Morgan fingerprint density at radius 1 is 0.976 bits per heavy atom. The zero-order chi connectivity index (χ0) is 30.4. The number of carbonyl (C=O) groups is 2. The lowest BCUT2D eigenvalue weighted by atomic mass is 10.0. The minimum absolute atomic E-state index is 0.0163. The third-order valence-electron chi connectivity index (χ3n) is 6.04. The van der Waals surface area contributed by atoms with Crippen molar-refractivity contribution in [1.82, 2.24) is 10.2 Å². The van der Waals surface area contributed by atoms with Gasteiger partial charge < -0.3 is 10.2 Å². The number of hydrogen-bond donors (Lipinski definition) is 1. The zero-order valence-corrected chi connectivity index (χ0v) is 24.9. The van der Waals surface area contributed by atoms with E-state index in [1.54, 1.807) is 24.3 Å². The van der Waals surface area contributed by atoms with Gasteiger partial charge in [-0.05, 0) is 50.1 Å². The molecule has 1 atom stereocenters. The number of nitro benzene ring substituents is 1. The van der Waals surface area contributed by atoms with Gasteiger partial charge in [-0.2, -0.15) is 0 Å². The number of nitrogens with zero attached hydrogens (tertiary/aromatic N) is 3. The molecule has 0 aliphatic rings. The minimum atomic E-state index is -4.06. The Hall–Kier alpha value is -3.96. The molecule has 0 saturated heterocycles. The molecule has 3 rings (SSSR count). The van der Waals surface area contributed by atoms with Crippen molar-refractivity contribution in [3.8, 4) is 0 Å². The first-order valence-corrected chi connectivity index (χ1v) is 15.0. The number of amides is 2. The maximum absolute atomic E-state index is 14.0. The summed E-state index contributed by atoms with van der Waals surface area (Å²) in [5, 5.41) is 14.8. The van der Waals surface area contributed by atoms with E-state index in [0.717, 1.165) is 22.2 Å².